The van der Waals surface area contributed by atoms with Crippen LogP contribution in [0, 0.1) is 0 Å². The maximum absolute atomic E-state index is 10.8. The lowest BCUT2D eigenvalue weighted by Gasteiger charge is -2.06. The van der Waals surface area contributed by atoms with Crippen LogP contribution >= 0.6 is 0 Å². The van der Waals surface area contributed by atoms with E-state index in [1.165, 1.54) is 7.11 Å². The number of carbonyl (C=O) groups excluding carboxylic acids is 1. The SMILES string of the molecule is COCCOCNC(=O)NCC(=O)O. The highest BCUT2D eigenvalue weighted by Gasteiger charge is 2.01. The summed E-state index contributed by atoms with van der Waals surface area (Å²) in [5.41, 5.74) is 0. The van der Waals surface area contributed by atoms with Crippen molar-refractivity contribution in [1.82, 2.24) is 10.6 Å². The zero-order valence-electron chi connectivity index (χ0n) is 7.91. The molecule has 0 aliphatic heterocycles. The highest BCUT2D eigenvalue weighted by Crippen LogP contribution is 1.73. The summed E-state index contributed by atoms with van der Waals surface area (Å²) in [4.78, 5) is 20.8. The molecule has 0 rings (SSSR count). The molecule has 0 saturated heterocycles. The monoisotopic (exact) mass is 206 g/mol. The summed E-state index contributed by atoms with van der Waals surface area (Å²) in [6.07, 6.45) is 0. The quantitative estimate of drug-likeness (QED) is 0.366. The van der Waals surface area contributed by atoms with Gasteiger partial charge in [-0.1, -0.05) is 0 Å². The van der Waals surface area contributed by atoms with Gasteiger partial charge in [-0.05, 0) is 0 Å². The average molecular weight is 206 g/mol. The Morgan fingerprint density at radius 3 is 2.57 bits per heavy atom. The van der Waals surface area contributed by atoms with E-state index < -0.39 is 18.5 Å². The number of hydrogen-bond acceptors (Lipinski definition) is 4. The molecule has 0 atom stereocenters. The number of carbonyl (C=O) groups is 2. The van der Waals surface area contributed by atoms with Crippen molar-refractivity contribution in [3.8, 4) is 0 Å². The summed E-state index contributed by atoms with van der Waals surface area (Å²) in [6.45, 7) is 0.423. The van der Waals surface area contributed by atoms with Crippen molar-refractivity contribution in [3.05, 3.63) is 0 Å². The predicted octanol–water partition coefficient (Wildman–Crippen LogP) is -1.01. The number of methoxy groups -OCH3 is 1. The van der Waals surface area contributed by atoms with Gasteiger partial charge in [-0.25, -0.2) is 4.79 Å². The van der Waals surface area contributed by atoms with Crippen LogP contribution in [0.1, 0.15) is 0 Å². The Hall–Kier alpha value is -1.34. The van der Waals surface area contributed by atoms with Crippen molar-refractivity contribution in [3.63, 3.8) is 0 Å². The standard InChI is InChI=1S/C7H14N2O5/c1-13-2-3-14-5-9-7(12)8-4-6(10)11/h2-5H2,1H3,(H,10,11)(H2,8,9,12). The normalized spacial score (nSPS) is 9.50. The Morgan fingerprint density at radius 1 is 1.29 bits per heavy atom. The molecule has 0 aliphatic carbocycles. The third-order valence-electron chi connectivity index (χ3n) is 1.17. The molecule has 7 heteroatoms. The molecule has 0 bridgehead atoms. The summed E-state index contributed by atoms with van der Waals surface area (Å²) >= 11 is 0. The molecule has 3 N–H and O–H groups in total. The van der Waals surface area contributed by atoms with Crippen LogP contribution in [0.15, 0.2) is 0 Å². The van der Waals surface area contributed by atoms with Crippen LogP contribution in [0.3, 0.4) is 0 Å². The third kappa shape index (κ3) is 8.75. The van der Waals surface area contributed by atoms with Crippen molar-refractivity contribution in [1.29, 1.82) is 0 Å². The molecule has 2 amide bonds. The summed E-state index contributed by atoms with van der Waals surface area (Å²) in [6, 6.07) is -0.579. The second-order valence-corrected chi connectivity index (χ2v) is 2.30. The number of amides is 2. The second kappa shape index (κ2) is 8.27. The number of nitrogens with one attached hydrogen (secondary N) is 2. The lowest BCUT2D eigenvalue weighted by Crippen LogP contribution is -2.39. The van der Waals surface area contributed by atoms with E-state index in [0.29, 0.717) is 13.2 Å². The van der Waals surface area contributed by atoms with Gasteiger partial charge in [0.1, 0.15) is 13.3 Å². The van der Waals surface area contributed by atoms with Crippen LogP contribution in [0.2, 0.25) is 0 Å². The fourth-order valence-corrected chi connectivity index (χ4v) is 0.549. The van der Waals surface area contributed by atoms with Crippen molar-refractivity contribution >= 4 is 12.0 Å². The van der Waals surface area contributed by atoms with Gasteiger partial charge in [0.25, 0.3) is 0 Å². The molecule has 0 aromatic carbocycles. The first-order valence-electron chi connectivity index (χ1n) is 3.97. The topological polar surface area (TPSA) is 96.9 Å². The molecule has 14 heavy (non-hydrogen) atoms. The highest BCUT2D eigenvalue weighted by molar-refractivity contribution is 5.79. The molecule has 0 radical (unpaired) electrons. The fourth-order valence-electron chi connectivity index (χ4n) is 0.549. The van der Waals surface area contributed by atoms with Gasteiger partial charge in [0.05, 0.1) is 13.2 Å². The van der Waals surface area contributed by atoms with Gasteiger partial charge < -0.3 is 25.2 Å². The minimum absolute atomic E-state index is 0.0226. The molecule has 7 nitrogen and oxygen atoms in total. The smallest absolute Gasteiger partial charge is 0.323 e. The van der Waals surface area contributed by atoms with E-state index in [-0.39, 0.29) is 6.73 Å². The number of aliphatic carboxylic acids is 1. The lowest BCUT2D eigenvalue weighted by atomic mass is 10.6. The number of carboxylic acids is 1. The molecule has 0 aromatic rings. The van der Waals surface area contributed by atoms with E-state index in [2.05, 4.69) is 10.6 Å². The van der Waals surface area contributed by atoms with E-state index in [1.807, 2.05) is 0 Å². The summed E-state index contributed by atoms with van der Waals surface area (Å²) < 4.78 is 9.60. The van der Waals surface area contributed by atoms with Gasteiger partial charge in [-0.2, -0.15) is 0 Å². The van der Waals surface area contributed by atoms with Gasteiger partial charge >= 0.3 is 12.0 Å². The summed E-state index contributed by atoms with van der Waals surface area (Å²) in [7, 11) is 1.54. The van der Waals surface area contributed by atoms with Crippen molar-refractivity contribution in [2.24, 2.45) is 0 Å². The molecule has 82 valence electrons. The van der Waals surface area contributed by atoms with Crippen LogP contribution < -0.4 is 10.6 Å². The Morgan fingerprint density at radius 2 is 2.00 bits per heavy atom. The first kappa shape index (κ1) is 12.7. The third-order valence-corrected chi connectivity index (χ3v) is 1.17. The van der Waals surface area contributed by atoms with E-state index in [0.717, 1.165) is 0 Å². The van der Waals surface area contributed by atoms with Gasteiger partial charge in [0.15, 0.2) is 0 Å². The average Bonchev–Trinajstić information content (AvgIpc) is 2.14. The van der Waals surface area contributed by atoms with Crippen LogP contribution in [-0.4, -0.2) is 50.7 Å². The van der Waals surface area contributed by atoms with Crippen LogP contribution in [-0.2, 0) is 14.3 Å². The zero-order chi connectivity index (χ0) is 10.8. The van der Waals surface area contributed by atoms with E-state index in [9.17, 15) is 9.59 Å². The maximum Gasteiger partial charge on any atom is 0.323 e. The molecule has 0 spiro atoms. The van der Waals surface area contributed by atoms with Gasteiger partial charge in [0.2, 0.25) is 0 Å². The fraction of sp³-hybridized carbons (Fsp3) is 0.714. The molecular weight excluding hydrogens is 192 g/mol. The Balaban J connectivity index is 3.22. The number of hydrogen-bond donors (Lipinski definition) is 3. The number of rotatable bonds is 7. The van der Waals surface area contributed by atoms with Crippen molar-refractivity contribution < 1.29 is 24.2 Å². The first-order valence-corrected chi connectivity index (χ1v) is 3.97. The number of ether oxygens (including phenoxy) is 2. The van der Waals surface area contributed by atoms with Gasteiger partial charge in [-0.3, -0.25) is 4.79 Å². The maximum atomic E-state index is 10.8. The van der Waals surface area contributed by atoms with Crippen molar-refractivity contribution in [2.45, 2.75) is 0 Å². The zero-order valence-corrected chi connectivity index (χ0v) is 7.91. The molecule has 0 heterocycles. The Kier molecular flexibility index (Phi) is 7.48. The molecule has 0 aliphatic rings. The van der Waals surface area contributed by atoms with Gasteiger partial charge in [-0.15, -0.1) is 0 Å². The first-order chi connectivity index (χ1) is 6.66. The van der Waals surface area contributed by atoms with Crippen LogP contribution in [0.25, 0.3) is 0 Å². The molecule has 0 saturated carbocycles. The Bertz CT molecular complexity index is 185. The minimum atomic E-state index is -1.10. The Labute approximate surface area is 81.4 Å². The minimum Gasteiger partial charge on any atom is -0.480 e. The highest BCUT2D eigenvalue weighted by atomic mass is 16.5. The molecule has 0 unspecified atom stereocenters. The number of carboxylic acid groups (broad SMARTS) is 1. The summed E-state index contributed by atoms with van der Waals surface area (Å²) in [5.74, 6) is -1.10. The van der Waals surface area contributed by atoms with E-state index in [4.69, 9.17) is 14.6 Å². The second-order valence-electron chi connectivity index (χ2n) is 2.30. The van der Waals surface area contributed by atoms with Crippen LogP contribution in [0.4, 0.5) is 4.79 Å². The van der Waals surface area contributed by atoms with E-state index >= 15 is 0 Å². The van der Waals surface area contributed by atoms with Crippen LogP contribution in [0.5, 0.6) is 0 Å². The largest absolute Gasteiger partial charge is 0.480 e. The molecule has 0 fully saturated rings. The van der Waals surface area contributed by atoms with Crippen molar-refractivity contribution in [2.75, 3.05) is 33.6 Å². The molecule has 0 aromatic heterocycles. The predicted molar refractivity (Wildman–Crippen MR) is 46.9 cm³/mol. The van der Waals surface area contributed by atoms with E-state index in [1.54, 1.807) is 0 Å². The van der Waals surface area contributed by atoms with Gasteiger partial charge in [0, 0.05) is 7.11 Å². The lowest BCUT2D eigenvalue weighted by molar-refractivity contribution is -0.135. The number of urea groups is 1. The molecular formula is C7H14N2O5. The summed E-state index contributed by atoms with van der Waals surface area (Å²) in [5, 5.41) is 12.6.